The molecule has 0 saturated carbocycles. The molecule has 0 unspecified atom stereocenters. The second-order valence-corrected chi connectivity index (χ2v) is 9.93. The zero-order valence-electron chi connectivity index (χ0n) is 20.6. The van der Waals surface area contributed by atoms with Crippen LogP contribution in [-0.4, -0.2) is 28.8 Å². The molecular weight excluding hydrogens is 432 g/mol. The van der Waals surface area contributed by atoms with E-state index in [4.69, 9.17) is 0 Å². The first-order valence-electron chi connectivity index (χ1n) is 12.9. The average molecular weight is 467 g/mol. The Morgan fingerprint density at radius 1 is 0.829 bits per heavy atom. The normalized spacial score (nSPS) is 20.3. The largest absolute Gasteiger partial charge is 0.342 e. The van der Waals surface area contributed by atoms with Gasteiger partial charge in [-0.25, -0.2) is 0 Å². The van der Waals surface area contributed by atoms with Crippen molar-refractivity contribution in [2.45, 2.75) is 58.2 Å². The summed E-state index contributed by atoms with van der Waals surface area (Å²) < 4.78 is 0. The Morgan fingerprint density at radius 2 is 1.43 bits per heavy atom. The molecule has 35 heavy (non-hydrogen) atoms. The number of nitrogens with one attached hydrogen (secondary N) is 1. The number of hydrogen-bond donors (Lipinski definition) is 1. The lowest BCUT2D eigenvalue weighted by atomic mass is 9.85. The molecule has 1 heterocycles. The third kappa shape index (κ3) is 4.50. The van der Waals surface area contributed by atoms with Gasteiger partial charge in [0.15, 0.2) is 0 Å². The molecule has 4 heteroatoms. The molecule has 1 aliphatic carbocycles. The number of benzene rings is 3. The quantitative estimate of drug-likeness (QED) is 0.507. The summed E-state index contributed by atoms with van der Waals surface area (Å²) in [6.07, 6.45) is 3.38. The maximum atomic E-state index is 14.1. The van der Waals surface area contributed by atoms with Gasteiger partial charge in [0, 0.05) is 6.54 Å². The van der Waals surface area contributed by atoms with Crippen LogP contribution < -0.4 is 5.32 Å². The third-order valence-electron chi connectivity index (χ3n) is 7.94. The van der Waals surface area contributed by atoms with Crippen molar-refractivity contribution in [3.63, 3.8) is 0 Å². The summed E-state index contributed by atoms with van der Waals surface area (Å²) in [6, 6.07) is 26.0. The molecule has 2 atom stereocenters. The molecule has 5 rings (SSSR count). The number of fused-ring (bicyclic) bond motifs is 1. The fourth-order valence-electron chi connectivity index (χ4n) is 6.03. The van der Waals surface area contributed by atoms with Crippen LogP contribution in [-0.2, 0) is 29.0 Å². The van der Waals surface area contributed by atoms with Gasteiger partial charge in [-0.1, -0.05) is 106 Å². The number of nitrogens with zero attached hydrogens (tertiary/aromatic N) is 1. The minimum absolute atomic E-state index is 0.00329. The van der Waals surface area contributed by atoms with E-state index in [0.717, 1.165) is 42.4 Å². The first kappa shape index (κ1) is 23.3. The first-order valence-corrected chi connectivity index (χ1v) is 12.9. The third-order valence-corrected chi connectivity index (χ3v) is 7.94. The van der Waals surface area contributed by atoms with Gasteiger partial charge in [0.25, 0.3) is 0 Å². The van der Waals surface area contributed by atoms with E-state index in [-0.39, 0.29) is 23.7 Å². The Bertz CT molecular complexity index is 1180. The molecule has 0 bridgehead atoms. The molecule has 1 fully saturated rings. The Morgan fingerprint density at radius 3 is 2.09 bits per heavy atom. The molecular formula is C31H34N2O2. The molecule has 0 aromatic heterocycles. The molecule has 1 N–H and O–H groups in total. The Balaban J connectivity index is 1.49. The van der Waals surface area contributed by atoms with Gasteiger partial charge < -0.3 is 10.2 Å². The lowest BCUT2D eigenvalue weighted by Gasteiger charge is -2.44. The van der Waals surface area contributed by atoms with Crippen LogP contribution >= 0.6 is 0 Å². The molecule has 0 radical (unpaired) electrons. The van der Waals surface area contributed by atoms with Gasteiger partial charge in [0.2, 0.25) is 11.8 Å². The van der Waals surface area contributed by atoms with Crippen molar-refractivity contribution >= 4 is 11.8 Å². The van der Waals surface area contributed by atoms with E-state index >= 15 is 0 Å². The maximum absolute atomic E-state index is 14.1. The molecule has 180 valence electrons. The van der Waals surface area contributed by atoms with Crippen LogP contribution in [0.1, 0.15) is 43.4 Å². The van der Waals surface area contributed by atoms with E-state index in [0.29, 0.717) is 6.54 Å². The summed E-state index contributed by atoms with van der Waals surface area (Å²) in [7, 11) is 0. The van der Waals surface area contributed by atoms with Crippen LogP contribution in [0.5, 0.6) is 0 Å². The predicted molar refractivity (Wildman–Crippen MR) is 140 cm³/mol. The second kappa shape index (κ2) is 10.1. The van der Waals surface area contributed by atoms with Crippen molar-refractivity contribution in [1.29, 1.82) is 0 Å². The molecule has 2 aliphatic rings. The predicted octanol–water partition coefficient (Wildman–Crippen LogP) is 5.40. The number of rotatable bonds is 7. The SMILES string of the molecule is CCC(CC)[C@@H]1C(=O)N[C@H](C2Cc3ccccc3C2)C(=O)N1Cc1ccccc1-c1ccccc1. The van der Waals surface area contributed by atoms with E-state index in [1.165, 1.54) is 11.1 Å². The van der Waals surface area contributed by atoms with Gasteiger partial charge >= 0.3 is 0 Å². The molecule has 1 aliphatic heterocycles. The smallest absolute Gasteiger partial charge is 0.246 e. The fourth-order valence-corrected chi connectivity index (χ4v) is 6.03. The van der Waals surface area contributed by atoms with Crippen molar-refractivity contribution in [1.82, 2.24) is 10.2 Å². The minimum atomic E-state index is -0.482. The van der Waals surface area contributed by atoms with Crippen LogP contribution in [0.2, 0.25) is 0 Å². The standard InChI is InChI=1S/C31H34N2O2/c1-3-21(4-2)29-30(34)32-28(26-18-23-14-8-9-15-24(23)19-26)31(35)33(29)20-25-16-10-11-17-27(25)22-12-6-5-7-13-22/h5-17,21,26,28-29H,3-4,18-20H2,1-2H3,(H,32,34)/t28-,29-/m1/s1. The van der Waals surface area contributed by atoms with E-state index < -0.39 is 12.1 Å². The van der Waals surface area contributed by atoms with Crippen LogP contribution in [0.15, 0.2) is 78.9 Å². The van der Waals surface area contributed by atoms with Gasteiger partial charge in [0.05, 0.1) is 0 Å². The van der Waals surface area contributed by atoms with Crippen LogP contribution in [0.25, 0.3) is 11.1 Å². The summed E-state index contributed by atoms with van der Waals surface area (Å²) >= 11 is 0. The Kier molecular flexibility index (Phi) is 6.72. The summed E-state index contributed by atoms with van der Waals surface area (Å²) in [6.45, 7) is 4.66. The van der Waals surface area contributed by atoms with Gasteiger partial charge in [-0.15, -0.1) is 0 Å². The molecule has 3 aromatic carbocycles. The van der Waals surface area contributed by atoms with Gasteiger partial charge in [-0.2, -0.15) is 0 Å². The monoisotopic (exact) mass is 466 g/mol. The lowest BCUT2D eigenvalue weighted by molar-refractivity contribution is -0.154. The minimum Gasteiger partial charge on any atom is -0.342 e. The number of piperazine rings is 1. The summed E-state index contributed by atoms with van der Waals surface area (Å²) in [5.74, 6) is 0.279. The highest BCUT2D eigenvalue weighted by atomic mass is 16.2. The lowest BCUT2D eigenvalue weighted by Crippen LogP contribution is -2.66. The first-order chi connectivity index (χ1) is 17.1. The summed E-state index contributed by atoms with van der Waals surface area (Å²) in [5.41, 5.74) is 5.90. The highest BCUT2D eigenvalue weighted by molar-refractivity contribution is 5.97. The van der Waals surface area contributed by atoms with E-state index in [1.807, 2.05) is 35.2 Å². The van der Waals surface area contributed by atoms with Crippen molar-refractivity contribution in [2.24, 2.45) is 11.8 Å². The highest BCUT2D eigenvalue weighted by Gasteiger charge is 2.47. The van der Waals surface area contributed by atoms with Crippen LogP contribution in [0, 0.1) is 11.8 Å². The van der Waals surface area contributed by atoms with Crippen molar-refractivity contribution in [2.75, 3.05) is 0 Å². The zero-order chi connectivity index (χ0) is 24.4. The number of carbonyl (C=O) groups excluding carboxylic acids is 2. The second-order valence-electron chi connectivity index (χ2n) is 9.93. The Hall–Kier alpha value is -3.40. The number of carbonyl (C=O) groups is 2. The highest BCUT2D eigenvalue weighted by Crippen LogP contribution is 2.34. The number of hydrogen-bond acceptors (Lipinski definition) is 2. The summed E-state index contributed by atoms with van der Waals surface area (Å²) in [5, 5.41) is 3.17. The molecule has 0 spiro atoms. The average Bonchev–Trinajstić information content (AvgIpc) is 3.33. The van der Waals surface area contributed by atoms with Gasteiger partial charge in [0.1, 0.15) is 12.1 Å². The van der Waals surface area contributed by atoms with E-state index in [2.05, 4.69) is 67.7 Å². The maximum Gasteiger partial charge on any atom is 0.246 e. The molecule has 4 nitrogen and oxygen atoms in total. The van der Waals surface area contributed by atoms with Crippen molar-refractivity contribution in [3.05, 3.63) is 95.6 Å². The van der Waals surface area contributed by atoms with Gasteiger partial charge in [-0.05, 0) is 52.5 Å². The topological polar surface area (TPSA) is 49.4 Å². The fraction of sp³-hybridized carbons (Fsp3) is 0.355. The molecule has 2 amide bonds. The van der Waals surface area contributed by atoms with Crippen molar-refractivity contribution < 1.29 is 9.59 Å². The molecule has 3 aromatic rings. The molecule has 1 saturated heterocycles. The van der Waals surface area contributed by atoms with Gasteiger partial charge in [-0.3, -0.25) is 9.59 Å². The zero-order valence-corrected chi connectivity index (χ0v) is 20.6. The Labute approximate surface area is 208 Å². The van der Waals surface area contributed by atoms with E-state index in [9.17, 15) is 9.59 Å². The summed E-state index contributed by atoms with van der Waals surface area (Å²) in [4.78, 5) is 29.6. The van der Waals surface area contributed by atoms with E-state index in [1.54, 1.807) is 0 Å². The van der Waals surface area contributed by atoms with Crippen molar-refractivity contribution in [3.8, 4) is 11.1 Å². The number of amides is 2. The van der Waals surface area contributed by atoms with Crippen LogP contribution in [0.3, 0.4) is 0 Å². The van der Waals surface area contributed by atoms with Crippen LogP contribution in [0.4, 0.5) is 0 Å².